The van der Waals surface area contributed by atoms with Gasteiger partial charge in [-0.2, -0.15) is 0 Å². The molecule has 1 aliphatic rings. The molecule has 0 heterocycles. The maximum Gasteiger partial charge on any atom is 0.177 e. The van der Waals surface area contributed by atoms with Gasteiger partial charge < -0.3 is 14.9 Å². The quantitative estimate of drug-likeness (QED) is 0.436. The van der Waals surface area contributed by atoms with Gasteiger partial charge in [-0.15, -0.1) is 0 Å². The third kappa shape index (κ3) is 5.46. The van der Waals surface area contributed by atoms with Gasteiger partial charge in [0, 0.05) is 0 Å². The molecule has 0 saturated heterocycles. The van der Waals surface area contributed by atoms with Crippen molar-refractivity contribution in [2.45, 2.75) is 13.3 Å². The van der Waals surface area contributed by atoms with E-state index in [1.165, 1.54) is 0 Å². The zero-order valence-corrected chi connectivity index (χ0v) is 18.4. The Morgan fingerprint density at radius 2 is 1.21 bits per heavy atom. The molecule has 0 aliphatic heterocycles. The van der Waals surface area contributed by atoms with E-state index < -0.39 is 0 Å². The number of carbonyl (C=O) groups is 1. The summed E-state index contributed by atoms with van der Waals surface area (Å²) in [4.78, 5) is 12.2. The van der Waals surface area contributed by atoms with Gasteiger partial charge in [0.15, 0.2) is 5.78 Å². The maximum absolute atomic E-state index is 12.2. The number of rotatable bonds is 8. The second kappa shape index (κ2) is 10.4. The van der Waals surface area contributed by atoms with Crippen molar-refractivity contribution in [1.82, 2.24) is 0 Å². The van der Waals surface area contributed by atoms with Gasteiger partial charge in [-0.1, -0.05) is 43.3 Å². The topological polar surface area (TPSA) is 66.8 Å². The van der Waals surface area contributed by atoms with Gasteiger partial charge in [-0.25, -0.2) is 0 Å². The normalized spacial score (nSPS) is 14.7. The van der Waals surface area contributed by atoms with E-state index in [1.54, 1.807) is 37.1 Å². The van der Waals surface area contributed by atoms with Gasteiger partial charge in [0.2, 0.25) is 0 Å². The summed E-state index contributed by atoms with van der Waals surface area (Å²) in [6, 6.07) is 22.0. The largest absolute Gasteiger partial charge is 0.508 e. The maximum atomic E-state index is 12.2. The lowest BCUT2D eigenvalue weighted by molar-refractivity contribution is -0.118. The molecule has 165 valence electrons. The highest BCUT2D eigenvalue weighted by Crippen LogP contribution is 2.36. The third-order valence-electron chi connectivity index (χ3n) is 5.52. The van der Waals surface area contributed by atoms with Crippen LogP contribution in [0.2, 0.25) is 0 Å². The van der Waals surface area contributed by atoms with E-state index in [9.17, 15) is 15.0 Å². The first-order chi connectivity index (χ1) is 16.0. The van der Waals surface area contributed by atoms with Gasteiger partial charge in [-0.05, 0) is 96.3 Å². The fraction of sp³-hybridized carbons (Fsp3) is 0.103. The number of allylic oxidation sites excluding steroid dienone is 1. The summed E-state index contributed by atoms with van der Waals surface area (Å²) in [6.45, 7) is 2.08. The van der Waals surface area contributed by atoms with E-state index in [0.29, 0.717) is 11.7 Å². The molecule has 0 amide bonds. The Labute approximate surface area is 195 Å². The Kier molecular flexibility index (Phi) is 7.13. The lowest BCUT2D eigenvalue weighted by Gasteiger charge is -2.17. The zero-order valence-electron chi connectivity index (χ0n) is 18.4. The Hall–Kier alpha value is -3.53. The van der Waals surface area contributed by atoms with Crippen molar-refractivity contribution in [3.05, 3.63) is 121 Å². The van der Waals surface area contributed by atoms with Crippen LogP contribution < -0.4 is 4.74 Å². The van der Waals surface area contributed by atoms with Crippen LogP contribution in [0.3, 0.4) is 0 Å². The van der Waals surface area contributed by atoms with Crippen LogP contribution in [-0.4, -0.2) is 22.6 Å². The molecule has 4 rings (SSSR count). The molecule has 0 bridgehead atoms. The van der Waals surface area contributed by atoms with Crippen LogP contribution in [-0.2, 0) is 4.79 Å². The summed E-state index contributed by atoms with van der Waals surface area (Å²) in [5.74, 6) is 1.63. The molecule has 3 aromatic carbocycles. The molecule has 33 heavy (non-hydrogen) atoms. The predicted molar refractivity (Wildman–Crippen MR) is 130 cm³/mol. The first kappa shape index (κ1) is 22.7. The van der Waals surface area contributed by atoms with Crippen molar-refractivity contribution in [2.75, 3.05) is 6.61 Å². The van der Waals surface area contributed by atoms with Crippen molar-refractivity contribution in [3.63, 3.8) is 0 Å². The molecule has 4 nitrogen and oxygen atoms in total. The number of phenolic OH excluding ortho intramolecular Hbond substituents is 2. The minimum atomic E-state index is -0.0608. The number of aromatic hydroxyl groups is 2. The van der Waals surface area contributed by atoms with Gasteiger partial charge in [-0.3, -0.25) is 4.79 Å². The Bertz CT molecular complexity index is 1100. The molecule has 1 saturated carbocycles. The first-order valence-electron chi connectivity index (χ1n) is 10.8. The van der Waals surface area contributed by atoms with Crippen molar-refractivity contribution >= 4 is 16.9 Å². The number of hydrogen-bond donors (Lipinski definition) is 2. The summed E-state index contributed by atoms with van der Waals surface area (Å²) in [5, 5.41) is 19.5. The number of ketones is 1. The number of Topliss-reactive ketones (excluding diaryl/α,β-unsaturated/α-hetero) is 1. The average molecular weight is 438 g/mol. The van der Waals surface area contributed by atoms with E-state index in [-0.39, 0.29) is 23.9 Å². The van der Waals surface area contributed by atoms with Crippen LogP contribution in [0.15, 0.2) is 72.8 Å². The van der Waals surface area contributed by atoms with Gasteiger partial charge in [0.05, 0.1) is 5.92 Å². The van der Waals surface area contributed by atoms with Crippen LogP contribution in [0.25, 0.3) is 11.1 Å². The van der Waals surface area contributed by atoms with Crippen LogP contribution in [0, 0.1) is 31.6 Å². The standard InChI is InChI=1S/C29H25O4/c1-2-27(20-7-13-24(30)14-8-20)29(22-9-15-25(31)16-10-22)23-11-17-26(18-12-23)33-19-28(32)21-5-3-4-6-21/h3-18,30-31H,2,19H2,1H3/b29-27-. The van der Waals surface area contributed by atoms with Crippen molar-refractivity contribution in [1.29, 1.82) is 0 Å². The molecule has 0 atom stereocenters. The molecule has 5 radical (unpaired) electrons. The molecule has 0 unspecified atom stereocenters. The monoisotopic (exact) mass is 437 g/mol. The lowest BCUT2D eigenvalue weighted by Crippen LogP contribution is -2.18. The van der Waals surface area contributed by atoms with Crippen molar-refractivity contribution in [3.8, 4) is 17.2 Å². The third-order valence-corrected chi connectivity index (χ3v) is 5.52. The van der Waals surface area contributed by atoms with Crippen LogP contribution in [0.1, 0.15) is 30.0 Å². The molecular formula is C29H25O4. The molecule has 0 aromatic heterocycles. The van der Waals surface area contributed by atoms with E-state index in [1.807, 2.05) is 61.4 Å². The summed E-state index contributed by atoms with van der Waals surface area (Å²) < 4.78 is 5.71. The lowest BCUT2D eigenvalue weighted by atomic mass is 9.88. The smallest absolute Gasteiger partial charge is 0.177 e. The van der Waals surface area contributed by atoms with E-state index >= 15 is 0 Å². The molecule has 0 spiro atoms. The second-order valence-corrected chi connectivity index (χ2v) is 7.71. The second-order valence-electron chi connectivity index (χ2n) is 7.71. The number of ether oxygens (including phenoxy) is 1. The summed E-state index contributed by atoms with van der Waals surface area (Å²) in [5.41, 5.74) is 5.11. The number of hydrogen-bond acceptors (Lipinski definition) is 4. The highest BCUT2D eigenvalue weighted by molar-refractivity contribution is 5.99. The fourth-order valence-electron chi connectivity index (χ4n) is 3.84. The molecule has 1 fully saturated rings. The minimum absolute atomic E-state index is 0.0161. The highest BCUT2D eigenvalue weighted by Gasteiger charge is 2.24. The average Bonchev–Trinajstić information content (AvgIpc) is 3.38. The molecule has 4 heteroatoms. The van der Waals surface area contributed by atoms with Crippen LogP contribution in [0.5, 0.6) is 17.2 Å². The van der Waals surface area contributed by atoms with Crippen molar-refractivity contribution in [2.24, 2.45) is 0 Å². The van der Waals surface area contributed by atoms with E-state index in [0.717, 1.165) is 34.3 Å². The van der Waals surface area contributed by atoms with E-state index in [2.05, 4.69) is 6.92 Å². The van der Waals surface area contributed by atoms with E-state index in [4.69, 9.17) is 4.74 Å². The summed E-state index contributed by atoms with van der Waals surface area (Å²) >= 11 is 0. The summed E-state index contributed by atoms with van der Waals surface area (Å²) in [6.07, 6.45) is 7.99. The van der Waals surface area contributed by atoms with Crippen LogP contribution in [0.4, 0.5) is 0 Å². The zero-order chi connectivity index (χ0) is 23.2. The number of carbonyl (C=O) groups excluding carboxylic acids is 1. The highest BCUT2D eigenvalue weighted by atomic mass is 16.5. The molecular weight excluding hydrogens is 412 g/mol. The Balaban J connectivity index is 1.65. The fourth-order valence-corrected chi connectivity index (χ4v) is 3.84. The first-order valence-corrected chi connectivity index (χ1v) is 10.8. The number of benzene rings is 3. The van der Waals surface area contributed by atoms with Gasteiger partial charge in [0.25, 0.3) is 0 Å². The van der Waals surface area contributed by atoms with Gasteiger partial charge in [0.1, 0.15) is 23.9 Å². The Morgan fingerprint density at radius 3 is 1.73 bits per heavy atom. The minimum Gasteiger partial charge on any atom is -0.508 e. The number of phenols is 2. The Morgan fingerprint density at radius 1 is 0.727 bits per heavy atom. The SMILES string of the molecule is CC/C(=C(\c1ccc(O)cc1)c1ccc(OCC(=O)[C]2[CH][CH][CH][CH]2)cc1)c1ccc(O)cc1. The van der Waals surface area contributed by atoms with Crippen LogP contribution >= 0.6 is 0 Å². The predicted octanol–water partition coefficient (Wildman–Crippen LogP) is 5.82. The summed E-state index contributed by atoms with van der Waals surface area (Å²) in [7, 11) is 0. The molecule has 2 N–H and O–H groups in total. The molecule has 1 aliphatic carbocycles. The van der Waals surface area contributed by atoms with Crippen molar-refractivity contribution < 1.29 is 19.7 Å². The van der Waals surface area contributed by atoms with Gasteiger partial charge >= 0.3 is 0 Å². The molecule has 3 aromatic rings.